The van der Waals surface area contributed by atoms with Crippen LogP contribution in [0.3, 0.4) is 0 Å². The fraction of sp³-hybridized carbons (Fsp3) is 0.400. The molecule has 1 heterocycles. The van der Waals surface area contributed by atoms with Gasteiger partial charge in [-0.15, -0.1) is 0 Å². The van der Waals surface area contributed by atoms with Crippen LogP contribution in [0.4, 0.5) is 0 Å². The molecule has 1 aliphatic rings. The van der Waals surface area contributed by atoms with Gasteiger partial charge in [-0.1, -0.05) is 18.2 Å². The lowest BCUT2D eigenvalue weighted by Crippen LogP contribution is -2.14. The maximum absolute atomic E-state index is 9.54. The molecular weight excluding hydrogens is 166 g/mol. The molecule has 0 aromatic heterocycles. The summed E-state index contributed by atoms with van der Waals surface area (Å²) in [5, 5.41) is 12.7. The summed E-state index contributed by atoms with van der Waals surface area (Å²) in [6.45, 7) is 2.84. The number of phenols is 1. The summed E-state index contributed by atoms with van der Waals surface area (Å²) >= 11 is 0. The molecule has 2 N–H and O–H groups in total. The Bertz CT molecular complexity index is 301. The standard InChI is InChI=1S/C10H13NO2/c1-7-6-11-10(13-7)8-4-2-3-5-9(8)12/h2-5,7,10-12H,6H2,1H3. The van der Waals surface area contributed by atoms with Crippen LogP contribution in [0.2, 0.25) is 0 Å². The summed E-state index contributed by atoms with van der Waals surface area (Å²) in [6, 6.07) is 7.23. The van der Waals surface area contributed by atoms with Gasteiger partial charge < -0.3 is 9.84 Å². The van der Waals surface area contributed by atoms with E-state index >= 15 is 0 Å². The Kier molecular flexibility index (Phi) is 2.20. The largest absolute Gasteiger partial charge is 0.508 e. The Morgan fingerprint density at radius 2 is 2.23 bits per heavy atom. The lowest BCUT2D eigenvalue weighted by molar-refractivity contribution is 0.0496. The van der Waals surface area contributed by atoms with Gasteiger partial charge in [0.2, 0.25) is 0 Å². The van der Waals surface area contributed by atoms with Crippen LogP contribution < -0.4 is 5.32 Å². The SMILES string of the molecule is CC1CNC(c2ccccc2O)O1. The Hall–Kier alpha value is -1.06. The lowest BCUT2D eigenvalue weighted by atomic mass is 10.2. The van der Waals surface area contributed by atoms with Crippen molar-refractivity contribution < 1.29 is 9.84 Å². The van der Waals surface area contributed by atoms with Gasteiger partial charge in [0, 0.05) is 12.1 Å². The molecule has 3 heteroatoms. The van der Waals surface area contributed by atoms with Crippen LogP contribution in [0.15, 0.2) is 24.3 Å². The van der Waals surface area contributed by atoms with Crippen molar-refractivity contribution in [2.24, 2.45) is 0 Å². The van der Waals surface area contributed by atoms with Gasteiger partial charge in [0.25, 0.3) is 0 Å². The normalized spacial score (nSPS) is 27.8. The smallest absolute Gasteiger partial charge is 0.138 e. The zero-order valence-electron chi connectivity index (χ0n) is 7.53. The average molecular weight is 179 g/mol. The van der Waals surface area contributed by atoms with E-state index in [1.807, 2.05) is 19.1 Å². The van der Waals surface area contributed by atoms with Crippen molar-refractivity contribution in [3.8, 4) is 5.75 Å². The molecule has 2 unspecified atom stereocenters. The van der Waals surface area contributed by atoms with Crippen molar-refractivity contribution in [1.29, 1.82) is 0 Å². The second kappa shape index (κ2) is 3.36. The number of rotatable bonds is 1. The number of phenolic OH excluding ortho intramolecular Hbond substituents is 1. The highest BCUT2D eigenvalue weighted by atomic mass is 16.5. The number of aromatic hydroxyl groups is 1. The highest BCUT2D eigenvalue weighted by Gasteiger charge is 2.24. The Labute approximate surface area is 77.3 Å². The predicted molar refractivity (Wildman–Crippen MR) is 49.4 cm³/mol. The maximum Gasteiger partial charge on any atom is 0.138 e. The van der Waals surface area contributed by atoms with E-state index in [2.05, 4.69) is 5.32 Å². The first-order chi connectivity index (χ1) is 6.27. The van der Waals surface area contributed by atoms with Gasteiger partial charge in [0.05, 0.1) is 6.10 Å². The zero-order valence-corrected chi connectivity index (χ0v) is 7.53. The number of hydrogen-bond acceptors (Lipinski definition) is 3. The molecule has 0 amide bonds. The van der Waals surface area contributed by atoms with Gasteiger partial charge in [0.15, 0.2) is 0 Å². The third-order valence-electron chi connectivity index (χ3n) is 2.18. The van der Waals surface area contributed by atoms with E-state index in [1.165, 1.54) is 0 Å². The topological polar surface area (TPSA) is 41.5 Å². The van der Waals surface area contributed by atoms with Crippen LogP contribution in [-0.4, -0.2) is 17.8 Å². The van der Waals surface area contributed by atoms with Crippen molar-refractivity contribution in [1.82, 2.24) is 5.32 Å². The van der Waals surface area contributed by atoms with Crippen molar-refractivity contribution in [3.05, 3.63) is 29.8 Å². The second-order valence-electron chi connectivity index (χ2n) is 3.29. The van der Waals surface area contributed by atoms with Crippen LogP contribution in [0.5, 0.6) is 5.75 Å². The van der Waals surface area contributed by atoms with Gasteiger partial charge in [-0.2, -0.15) is 0 Å². The van der Waals surface area contributed by atoms with E-state index in [4.69, 9.17) is 4.74 Å². The first-order valence-electron chi connectivity index (χ1n) is 4.44. The fourth-order valence-corrected chi connectivity index (χ4v) is 1.49. The molecule has 0 aliphatic carbocycles. The molecule has 1 fully saturated rings. The van der Waals surface area contributed by atoms with Gasteiger partial charge in [0.1, 0.15) is 12.0 Å². The monoisotopic (exact) mass is 179 g/mol. The first kappa shape index (κ1) is 8.53. The zero-order chi connectivity index (χ0) is 9.26. The molecule has 0 bridgehead atoms. The maximum atomic E-state index is 9.54. The Morgan fingerprint density at radius 3 is 2.85 bits per heavy atom. The number of para-hydroxylation sites is 1. The summed E-state index contributed by atoms with van der Waals surface area (Å²) in [7, 11) is 0. The number of hydrogen-bond donors (Lipinski definition) is 2. The quantitative estimate of drug-likeness (QED) is 0.684. The molecule has 70 valence electrons. The fourth-order valence-electron chi connectivity index (χ4n) is 1.49. The Morgan fingerprint density at radius 1 is 1.46 bits per heavy atom. The van der Waals surface area contributed by atoms with E-state index < -0.39 is 0 Å². The third-order valence-corrected chi connectivity index (χ3v) is 2.18. The molecule has 2 rings (SSSR count). The summed E-state index contributed by atoms with van der Waals surface area (Å²) < 4.78 is 5.56. The van der Waals surface area contributed by atoms with E-state index in [9.17, 15) is 5.11 Å². The summed E-state index contributed by atoms with van der Waals surface area (Å²) in [4.78, 5) is 0. The summed E-state index contributed by atoms with van der Waals surface area (Å²) in [5.41, 5.74) is 0.812. The lowest BCUT2D eigenvalue weighted by Gasteiger charge is -2.12. The van der Waals surface area contributed by atoms with Crippen molar-refractivity contribution in [2.45, 2.75) is 19.3 Å². The minimum atomic E-state index is -0.156. The van der Waals surface area contributed by atoms with Crippen LogP contribution in [0.25, 0.3) is 0 Å². The second-order valence-corrected chi connectivity index (χ2v) is 3.29. The van der Waals surface area contributed by atoms with E-state index in [0.29, 0.717) is 0 Å². The van der Waals surface area contributed by atoms with Crippen LogP contribution in [0.1, 0.15) is 18.7 Å². The van der Waals surface area contributed by atoms with E-state index in [1.54, 1.807) is 12.1 Å². The number of benzene rings is 1. The van der Waals surface area contributed by atoms with Gasteiger partial charge in [-0.3, -0.25) is 5.32 Å². The van der Waals surface area contributed by atoms with Crippen LogP contribution in [-0.2, 0) is 4.74 Å². The molecule has 13 heavy (non-hydrogen) atoms. The van der Waals surface area contributed by atoms with Gasteiger partial charge >= 0.3 is 0 Å². The molecule has 1 aromatic rings. The minimum Gasteiger partial charge on any atom is -0.508 e. The van der Waals surface area contributed by atoms with Gasteiger partial charge in [-0.25, -0.2) is 0 Å². The molecule has 0 saturated carbocycles. The molecule has 1 saturated heterocycles. The van der Waals surface area contributed by atoms with Crippen molar-refractivity contribution in [3.63, 3.8) is 0 Å². The minimum absolute atomic E-state index is 0.156. The molecule has 0 radical (unpaired) electrons. The van der Waals surface area contributed by atoms with Crippen molar-refractivity contribution >= 4 is 0 Å². The highest BCUT2D eigenvalue weighted by Crippen LogP contribution is 2.27. The molecule has 2 atom stereocenters. The van der Waals surface area contributed by atoms with Gasteiger partial charge in [-0.05, 0) is 13.0 Å². The third kappa shape index (κ3) is 1.66. The molecule has 1 aliphatic heterocycles. The van der Waals surface area contributed by atoms with Crippen LogP contribution >= 0.6 is 0 Å². The predicted octanol–water partition coefficient (Wildman–Crippen LogP) is 1.40. The van der Waals surface area contributed by atoms with E-state index in [0.717, 1.165) is 12.1 Å². The summed E-state index contributed by atoms with van der Waals surface area (Å²) in [6.07, 6.45) is 0.0563. The number of nitrogens with one attached hydrogen (secondary N) is 1. The average Bonchev–Trinajstić information content (AvgIpc) is 2.53. The molecule has 0 spiro atoms. The number of ether oxygens (including phenoxy) is 1. The molecule has 3 nitrogen and oxygen atoms in total. The van der Waals surface area contributed by atoms with E-state index in [-0.39, 0.29) is 18.1 Å². The summed E-state index contributed by atoms with van der Waals surface area (Å²) in [5.74, 6) is 0.286. The molecule has 1 aromatic carbocycles. The Balaban J connectivity index is 2.21. The van der Waals surface area contributed by atoms with Crippen LogP contribution in [0, 0.1) is 0 Å². The van der Waals surface area contributed by atoms with Crippen molar-refractivity contribution in [2.75, 3.05) is 6.54 Å². The highest BCUT2D eigenvalue weighted by molar-refractivity contribution is 5.33. The first-order valence-corrected chi connectivity index (χ1v) is 4.44. The molecular formula is C10H13NO2.